The van der Waals surface area contributed by atoms with E-state index < -0.39 is 0 Å². The molecule has 1 aliphatic carbocycles. The van der Waals surface area contributed by atoms with Crippen molar-refractivity contribution < 1.29 is 9.53 Å². The maximum atomic E-state index is 11.6. The summed E-state index contributed by atoms with van der Waals surface area (Å²) in [5.74, 6) is 0.950. The van der Waals surface area contributed by atoms with Gasteiger partial charge in [0.1, 0.15) is 5.82 Å². The molecule has 1 fully saturated rings. The van der Waals surface area contributed by atoms with E-state index in [1.165, 1.54) is 25.7 Å². The van der Waals surface area contributed by atoms with Gasteiger partial charge in [-0.05, 0) is 37.5 Å². The van der Waals surface area contributed by atoms with Crippen LogP contribution >= 0.6 is 0 Å². The number of carbonyl (C=O) groups is 1. The number of anilines is 1. The zero-order valence-corrected chi connectivity index (χ0v) is 13.5. The molecule has 0 unspecified atom stereocenters. The number of hydrogen-bond donors (Lipinski definition) is 1. The van der Waals surface area contributed by atoms with Crippen molar-refractivity contribution in [3.05, 3.63) is 41.6 Å². The van der Waals surface area contributed by atoms with E-state index in [0.717, 1.165) is 16.9 Å². The van der Waals surface area contributed by atoms with Crippen LogP contribution in [-0.4, -0.2) is 22.4 Å². The third kappa shape index (κ3) is 3.55. The number of carbonyl (C=O) groups excluding carboxylic acids is 1. The van der Waals surface area contributed by atoms with Crippen molar-refractivity contribution in [3.63, 3.8) is 0 Å². The number of nitrogen functional groups attached to an aromatic ring is 1. The molecular weight excluding hydrogens is 290 g/mol. The van der Waals surface area contributed by atoms with Gasteiger partial charge in [-0.15, -0.1) is 0 Å². The lowest BCUT2D eigenvalue weighted by Crippen LogP contribution is -2.08. The molecule has 0 bridgehead atoms. The average molecular weight is 313 g/mol. The third-order valence-electron chi connectivity index (χ3n) is 4.34. The number of nitrogens with zero attached hydrogens (tertiary/aromatic N) is 2. The maximum Gasteiger partial charge on any atom is 0.310 e. The van der Waals surface area contributed by atoms with Gasteiger partial charge in [-0.1, -0.05) is 25.0 Å². The molecule has 0 aliphatic heterocycles. The van der Waals surface area contributed by atoms with Crippen LogP contribution in [0.1, 0.15) is 49.8 Å². The zero-order valence-electron chi connectivity index (χ0n) is 13.5. The quantitative estimate of drug-likeness (QED) is 0.860. The number of rotatable bonds is 5. The fraction of sp³-hybridized carbons (Fsp3) is 0.444. The molecule has 1 aromatic carbocycles. The Morgan fingerprint density at radius 1 is 1.35 bits per heavy atom. The van der Waals surface area contributed by atoms with Gasteiger partial charge in [0.2, 0.25) is 0 Å². The summed E-state index contributed by atoms with van der Waals surface area (Å²) >= 11 is 0. The Hall–Kier alpha value is -2.30. The van der Waals surface area contributed by atoms with Crippen LogP contribution in [0.4, 0.5) is 5.82 Å². The first-order valence-electron chi connectivity index (χ1n) is 8.27. The molecule has 0 atom stereocenters. The number of ether oxygens (including phenoxy) is 1. The average Bonchev–Trinajstić information content (AvgIpc) is 3.17. The van der Waals surface area contributed by atoms with E-state index >= 15 is 0 Å². The summed E-state index contributed by atoms with van der Waals surface area (Å²) in [6, 6.07) is 9.71. The molecule has 1 aromatic heterocycles. The van der Waals surface area contributed by atoms with Crippen molar-refractivity contribution in [2.75, 3.05) is 12.3 Å². The second-order valence-corrected chi connectivity index (χ2v) is 6.04. The summed E-state index contributed by atoms with van der Waals surface area (Å²) in [7, 11) is 0. The minimum absolute atomic E-state index is 0.218. The van der Waals surface area contributed by atoms with E-state index in [1.54, 1.807) is 4.68 Å². The highest BCUT2D eigenvalue weighted by atomic mass is 16.5. The van der Waals surface area contributed by atoms with Crippen molar-refractivity contribution in [1.29, 1.82) is 0 Å². The number of nitrogens with two attached hydrogens (primary N) is 1. The number of aromatic nitrogens is 2. The van der Waals surface area contributed by atoms with Gasteiger partial charge in [0.05, 0.1) is 24.4 Å². The summed E-state index contributed by atoms with van der Waals surface area (Å²) in [6.07, 6.45) is 5.19. The molecular formula is C18H23N3O2. The number of hydrogen-bond acceptors (Lipinski definition) is 4. The van der Waals surface area contributed by atoms with Crippen LogP contribution in [0.3, 0.4) is 0 Å². The van der Waals surface area contributed by atoms with E-state index in [-0.39, 0.29) is 12.4 Å². The molecule has 23 heavy (non-hydrogen) atoms. The van der Waals surface area contributed by atoms with Crippen molar-refractivity contribution in [2.45, 2.75) is 44.9 Å². The molecule has 0 spiro atoms. The Balaban J connectivity index is 1.82. The summed E-state index contributed by atoms with van der Waals surface area (Å²) in [4.78, 5) is 11.6. The first kappa shape index (κ1) is 15.6. The molecule has 5 nitrogen and oxygen atoms in total. The molecule has 2 N–H and O–H groups in total. The van der Waals surface area contributed by atoms with E-state index in [1.807, 2.05) is 37.3 Å². The first-order chi connectivity index (χ1) is 11.2. The third-order valence-corrected chi connectivity index (χ3v) is 4.34. The van der Waals surface area contributed by atoms with Gasteiger partial charge < -0.3 is 10.5 Å². The molecule has 2 aromatic rings. The van der Waals surface area contributed by atoms with Gasteiger partial charge in [-0.25, -0.2) is 4.68 Å². The molecule has 5 heteroatoms. The molecule has 122 valence electrons. The van der Waals surface area contributed by atoms with E-state index in [2.05, 4.69) is 0 Å². The van der Waals surface area contributed by atoms with Crippen LogP contribution in [-0.2, 0) is 16.0 Å². The van der Waals surface area contributed by atoms with Crippen LogP contribution in [0, 0.1) is 0 Å². The Labute approximate surface area is 136 Å². The zero-order chi connectivity index (χ0) is 16.2. The van der Waals surface area contributed by atoms with Crippen LogP contribution < -0.4 is 5.73 Å². The van der Waals surface area contributed by atoms with Gasteiger partial charge in [-0.2, -0.15) is 5.10 Å². The predicted octanol–water partition coefficient (Wildman–Crippen LogP) is 3.22. The Morgan fingerprint density at radius 2 is 2.13 bits per heavy atom. The molecule has 1 heterocycles. The summed E-state index contributed by atoms with van der Waals surface area (Å²) in [6.45, 7) is 2.21. The van der Waals surface area contributed by atoms with Crippen molar-refractivity contribution in [3.8, 4) is 5.69 Å². The smallest absolute Gasteiger partial charge is 0.310 e. The molecule has 1 aliphatic rings. The fourth-order valence-corrected chi connectivity index (χ4v) is 3.22. The molecule has 3 rings (SSSR count). The highest BCUT2D eigenvalue weighted by Gasteiger charge is 2.21. The van der Waals surface area contributed by atoms with Crippen LogP contribution in [0.25, 0.3) is 5.69 Å². The Kier molecular flexibility index (Phi) is 4.65. The largest absolute Gasteiger partial charge is 0.466 e. The van der Waals surface area contributed by atoms with Gasteiger partial charge in [-0.3, -0.25) is 4.79 Å². The number of esters is 1. The minimum atomic E-state index is -0.218. The minimum Gasteiger partial charge on any atom is -0.466 e. The predicted molar refractivity (Wildman–Crippen MR) is 89.5 cm³/mol. The van der Waals surface area contributed by atoms with Crippen molar-refractivity contribution >= 4 is 11.8 Å². The summed E-state index contributed by atoms with van der Waals surface area (Å²) in [5, 5.41) is 4.69. The lowest BCUT2D eigenvalue weighted by atomic mass is 10.1. The molecule has 0 radical (unpaired) electrons. The van der Waals surface area contributed by atoms with Crippen molar-refractivity contribution in [2.24, 2.45) is 0 Å². The van der Waals surface area contributed by atoms with Gasteiger partial charge in [0, 0.05) is 12.0 Å². The topological polar surface area (TPSA) is 70.1 Å². The number of benzene rings is 1. The fourth-order valence-electron chi connectivity index (χ4n) is 3.22. The van der Waals surface area contributed by atoms with Gasteiger partial charge in [0.25, 0.3) is 0 Å². The van der Waals surface area contributed by atoms with Gasteiger partial charge >= 0.3 is 5.97 Å². The van der Waals surface area contributed by atoms with Crippen LogP contribution in [0.2, 0.25) is 0 Å². The maximum absolute atomic E-state index is 11.6. The normalized spacial score (nSPS) is 15.0. The Bertz CT molecular complexity index is 687. The van der Waals surface area contributed by atoms with Crippen molar-refractivity contribution in [1.82, 2.24) is 9.78 Å². The van der Waals surface area contributed by atoms with E-state index in [4.69, 9.17) is 15.6 Å². The highest BCUT2D eigenvalue weighted by Crippen LogP contribution is 2.34. The van der Waals surface area contributed by atoms with E-state index in [9.17, 15) is 4.79 Å². The standard InChI is InChI=1S/C18H23N3O2/c1-2-23-18(22)11-13-6-5-9-15(10-13)21-17(19)12-16(20-21)14-7-3-4-8-14/h5-6,9-10,12,14H,2-4,7-8,11,19H2,1H3. The molecule has 0 saturated heterocycles. The molecule has 1 saturated carbocycles. The highest BCUT2D eigenvalue weighted by molar-refractivity contribution is 5.72. The Morgan fingerprint density at radius 3 is 2.87 bits per heavy atom. The summed E-state index contributed by atoms with van der Waals surface area (Å²) < 4.78 is 6.77. The van der Waals surface area contributed by atoms with Crippen LogP contribution in [0.15, 0.2) is 30.3 Å². The van der Waals surface area contributed by atoms with E-state index in [0.29, 0.717) is 18.3 Å². The summed E-state index contributed by atoms with van der Waals surface area (Å²) in [5.41, 5.74) is 9.01. The SMILES string of the molecule is CCOC(=O)Cc1cccc(-n2nc(C3CCCC3)cc2N)c1. The monoisotopic (exact) mass is 313 g/mol. The second-order valence-electron chi connectivity index (χ2n) is 6.04. The molecule has 0 amide bonds. The first-order valence-corrected chi connectivity index (χ1v) is 8.27. The van der Waals surface area contributed by atoms with Crippen LogP contribution in [0.5, 0.6) is 0 Å². The second kappa shape index (κ2) is 6.86. The lowest BCUT2D eigenvalue weighted by molar-refractivity contribution is -0.142. The van der Waals surface area contributed by atoms with Gasteiger partial charge in [0.15, 0.2) is 0 Å². The lowest BCUT2D eigenvalue weighted by Gasteiger charge is -2.08.